The van der Waals surface area contributed by atoms with Gasteiger partial charge in [0.2, 0.25) is 0 Å². The highest BCUT2D eigenvalue weighted by atomic mass is 19.1. The van der Waals surface area contributed by atoms with Crippen molar-refractivity contribution >= 4 is 0 Å². The minimum absolute atomic E-state index is 0.144. The molecule has 1 aliphatic heterocycles. The van der Waals surface area contributed by atoms with E-state index in [1.165, 1.54) is 18.7 Å². The highest BCUT2D eigenvalue weighted by molar-refractivity contribution is 5.37. The second-order valence-corrected chi connectivity index (χ2v) is 5.15. The van der Waals surface area contributed by atoms with Gasteiger partial charge in [0.15, 0.2) is 11.6 Å². The van der Waals surface area contributed by atoms with Crippen LogP contribution in [0.4, 0.5) is 4.39 Å². The van der Waals surface area contributed by atoms with Crippen molar-refractivity contribution in [3.63, 3.8) is 0 Å². The predicted octanol–water partition coefficient (Wildman–Crippen LogP) is 2.93. The van der Waals surface area contributed by atoms with Crippen molar-refractivity contribution in [3.05, 3.63) is 59.4 Å². The normalized spacial score (nSPS) is 16.4. The average Bonchev–Trinajstić information content (AvgIpc) is 2.90. The molecule has 0 aliphatic carbocycles. The third-order valence-electron chi connectivity index (χ3n) is 3.63. The monoisotopic (exact) mass is 287 g/mol. The van der Waals surface area contributed by atoms with Crippen LogP contribution >= 0.6 is 0 Å². The maximum absolute atomic E-state index is 13.6. The van der Waals surface area contributed by atoms with Crippen LogP contribution < -0.4 is 14.8 Å². The molecule has 3 rings (SSSR count). The number of nitrogens with one attached hydrogen (secondary N) is 1. The SMILES string of the molecule is COc1ccc(CNCC2Cc3ccccc3O2)cc1F. The molecular weight excluding hydrogens is 269 g/mol. The van der Waals surface area contributed by atoms with Gasteiger partial charge in [0.1, 0.15) is 11.9 Å². The molecule has 2 aromatic carbocycles. The van der Waals surface area contributed by atoms with E-state index in [0.717, 1.165) is 24.3 Å². The number of fused-ring (bicyclic) bond motifs is 1. The van der Waals surface area contributed by atoms with Crippen molar-refractivity contribution in [2.75, 3.05) is 13.7 Å². The summed E-state index contributed by atoms with van der Waals surface area (Å²) in [5, 5.41) is 3.31. The second-order valence-electron chi connectivity index (χ2n) is 5.15. The molecule has 21 heavy (non-hydrogen) atoms. The fraction of sp³-hybridized carbons (Fsp3) is 0.294. The first-order valence-corrected chi connectivity index (χ1v) is 7.04. The molecule has 4 heteroatoms. The lowest BCUT2D eigenvalue weighted by Gasteiger charge is -2.12. The smallest absolute Gasteiger partial charge is 0.165 e. The molecule has 1 aliphatic rings. The molecule has 0 radical (unpaired) electrons. The van der Waals surface area contributed by atoms with Gasteiger partial charge in [-0.25, -0.2) is 4.39 Å². The lowest BCUT2D eigenvalue weighted by molar-refractivity contribution is 0.227. The first-order valence-electron chi connectivity index (χ1n) is 7.04. The molecule has 110 valence electrons. The largest absolute Gasteiger partial charge is 0.494 e. The predicted molar refractivity (Wildman–Crippen MR) is 79.2 cm³/mol. The van der Waals surface area contributed by atoms with Gasteiger partial charge in [0.25, 0.3) is 0 Å². The Balaban J connectivity index is 1.50. The Bertz CT molecular complexity index is 605. The van der Waals surface area contributed by atoms with Crippen LogP contribution in [0.1, 0.15) is 11.1 Å². The Morgan fingerprint density at radius 1 is 1.29 bits per heavy atom. The summed E-state index contributed by atoms with van der Waals surface area (Å²) < 4.78 is 24.3. The Morgan fingerprint density at radius 2 is 2.14 bits per heavy atom. The zero-order valence-electron chi connectivity index (χ0n) is 11.9. The molecule has 1 N–H and O–H groups in total. The van der Waals surface area contributed by atoms with Crippen molar-refractivity contribution < 1.29 is 13.9 Å². The van der Waals surface area contributed by atoms with Crippen LogP contribution in [-0.4, -0.2) is 19.8 Å². The van der Waals surface area contributed by atoms with E-state index in [4.69, 9.17) is 9.47 Å². The number of ether oxygens (including phenoxy) is 2. The second kappa shape index (κ2) is 6.14. The topological polar surface area (TPSA) is 30.5 Å². The van der Waals surface area contributed by atoms with Gasteiger partial charge in [-0.1, -0.05) is 24.3 Å². The number of hydrogen-bond donors (Lipinski definition) is 1. The molecule has 1 heterocycles. The van der Waals surface area contributed by atoms with Gasteiger partial charge in [0, 0.05) is 19.5 Å². The van der Waals surface area contributed by atoms with E-state index in [-0.39, 0.29) is 17.7 Å². The van der Waals surface area contributed by atoms with Gasteiger partial charge in [-0.05, 0) is 29.3 Å². The summed E-state index contributed by atoms with van der Waals surface area (Å²) >= 11 is 0. The third-order valence-corrected chi connectivity index (χ3v) is 3.63. The van der Waals surface area contributed by atoms with Gasteiger partial charge in [-0.15, -0.1) is 0 Å². The van der Waals surface area contributed by atoms with Crippen molar-refractivity contribution in [1.82, 2.24) is 5.32 Å². The van der Waals surface area contributed by atoms with E-state index in [9.17, 15) is 4.39 Å². The summed E-state index contributed by atoms with van der Waals surface area (Å²) in [5.41, 5.74) is 2.14. The summed E-state index contributed by atoms with van der Waals surface area (Å²) in [6, 6.07) is 13.1. The van der Waals surface area contributed by atoms with Crippen LogP contribution in [0.25, 0.3) is 0 Å². The number of rotatable bonds is 5. The van der Waals surface area contributed by atoms with Crippen LogP contribution in [0.5, 0.6) is 11.5 Å². The summed E-state index contributed by atoms with van der Waals surface area (Å²) in [7, 11) is 1.46. The standard InChI is InChI=1S/C17H18FNO2/c1-20-17-7-6-12(8-15(17)18)10-19-11-14-9-13-4-2-3-5-16(13)21-14/h2-8,14,19H,9-11H2,1H3. The van der Waals surface area contributed by atoms with Crippen LogP contribution in [0.2, 0.25) is 0 Å². The molecule has 0 aromatic heterocycles. The molecule has 2 aromatic rings. The highest BCUT2D eigenvalue weighted by Gasteiger charge is 2.21. The summed E-state index contributed by atoms with van der Waals surface area (Å²) in [6.45, 7) is 1.35. The number of methoxy groups -OCH3 is 1. The first-order chi connectivity index (χ1) is 10.3. The fourth-order valence-electron chi connectivity index (χ4n) is 2.57. The summed E-state index contributed by atoms with van der Waals surface area (Å²) in [5.74, 6) is 0.912. The zero-order chi connectivity index (χ0) is 14.7. The third kappa shape index (κ3) is 3.16. The summed E-state index contributed by atoms with van der Waals surface area (Å²) in [4.78, 5) is 0. The average molecular weight is 287 g/mol. The van der Waals surface area contributed by atoms with E-state index >= 15 is 0 Å². The molecule has 0 saturated heterocycles. The Labute approximate surface area is 123 Å². The van der Waals surface area contributed by atoms with Crippen LogP contribution in [-0.2, 0) is 13.0 Å². The quantitative estimate of drug-likeness (QED) is 0.917. The molecular formula is C17H18FNO2. The number of para-hydroxylation sites is 1. The molecule has 3 nitrogen and oxygen atoms in total. The molecule has 0 amide bonds. The highest BCUT2D eigenvalue weighted by Crippen LogP contribution is 2.27. The molecule has 1 atom stereocenters. The van der Waals surface area contributed by atoms with E-state index in [1.54, 1.807) is 6.07 Å². The molecule has 0 saturated carbocycles. The first kappa shape index (κ1) is 13.9. The van der Waals surface area contributed by atoms with E-state index in [1.807, 2.05) is 24.3 Å². The van der Waals surface area contributed by atoms with E-state index in [2.05, 4.69) is 11.4 Å². The maximum Gasteiger partial charge on any atom is 0.165 e. The van der Waals surface area contributed by atoms with Crippen molar-refractivity contribution in [1.29, 1.82) is 0 Å². The van der Waals surface area contributed by atoms with Gasteiger partial charge >= 0.3 is 0 Å². The summed E-state index contributed by atoms with van der Waals surface area (Å²) in [6.07, 6.45) is 1.06. The Morgan fingerprint density at radius 3 is 2.90 bits per heavy atom. The zero-order valence-corrected chi connectivity index (χ0v) is 11.9. The Hall–Kier alpha value is -2.07. The maximum atomic E-state index is 13.6. The molecule has 0 spiro atoms. The number of halogens is 1. The van der Waals surface area contributed by atoms with Crippen LogP contribution in [0.15, 0.2) is 42.5 Å². The van der Waals surface area contributed by atoms with Gasteiger partial charge in [-0.3, -0.25) is 0 Å². The number of benzene rings is 2. The number of hydrogen-bond acceptors (Lipinski definition) is 3. The lowest BCUT2D eigenvalue weighted by Crippen LogP contribution is -2.29. The van der Waals surface area contributed by atoms with Crippen molar-refractivity contribution in [3.8, 4) is 11.5 Å². The van der Waals surface area contributed by atoms with E-state index < -0.39 is 0 Å². The fourth-order valence-corrected chi connectivity index (χ4v) is 2.57. The minimum atomic E-state index is -0.332. The van der Waals surface area contributed by atoms with E-state index in [0.29, 0.717) is 6.54 Å². The molecule has 1 unspecified atom stereocenters. The van der Waals surface area contributed by atoms with Gasteiger partial charge in [0.05, 0.1) is 7.11 Å². The van der Waals surface area contributed by atoms with Crippen molar-refractivity contribution in [2.45, 2.75) is 19.1 Å². The lowest BCUT2D eigenvalue weighted by atomic mass is 10.1. The van der Waals surface area contributed by atoms with Gasteiger partial charge in [-0.2, -0.15) is 0 Å². The molecule has 0 fully saturated rings. The van der Waals surface area contributed by atoms with Crippen molar-refractivity contribution in [2.24, 2.45) is 0 Å². The molecule has 0 bridgehead atoms. The van der Waals surface area contributed by atoms with Crippen LogP contribution in [0.3, 0.4) is 0 Å². The minimum Gasteiger partial charge on any atom is -0.494 e. The van der Waals surface area contributed by atoms with Crippen LogP contribution in [0, 0.1) is 5.82 Å². The van der Waals surface area contributed by atoms with Gasteiger partial charge < -0.3 is 14.8 Å². The Kier molecular flexibility index (Phi) is 4.06.